The van der Waals surface area contributed by atoms with Crippen LogP contribution in [-0.4, -0.2) is 70.4 Å². The number of likely N-dealkylation sites (N-methyl/N-ethyl adjacent to an activating group) is 1. The van der Waals surface area contributed by atoms with Crippen LogP contribution in [0.5, 0.6) is 5.75 Å². The van der Waals surface area contributed by atoms with Crippen molar-refractivity contribution >= 4 is 28.1 Å². The summed E-state index contributed by atoms with van der Waals surface area (Å²) >= 11 is 0. The van der Waals surface area contributed by atoms with Crippen LogP contribution in [0.4, 0.5) is 0 Å². The smallest absolute Gasteiger partial charge is 0.177 e. The second-order valence-electron chi connectivity index (χ2n) is 8.13. The van der Waals surface area contributed by atoms with Gasteiger partial charge in [0, 0.05) is 43.5 Å². The number of ether oxygens (including phenoxy) is 1. The zero-order valence-corrected chi connectivity index (χ0v) is 19.9. The highest BCUT2D eigenvalue weighted by Gasteiger charge is 2.29. The molecule has 0 radical (unpaired) electrons. The molecule has 1 aromatic carbocycles. The molecule has 7 nitrogen and oxygen atoms in total. The Labute approximate surface area is 188 Å². The number of rotatable bonds is 7. The molecule has 1 aliphatic rings. The molecule has 1 saturated heterocycles. The molecule has 4 rings (SSSR count). The summed E-state index contributed by atoms with van der Waals surface area (Å²) in [6.45, 7) is 6.77. The summed E-state index contributed by atoms with van der Waals surface area (Å²) < 4.78 is 7.66. The molecular weight excluding hydrogens is 444 g/mol. The van der Waals surface area contributed by atoms with Crippen molar-refractivity contribution in [3.05, 3.63) is 47.4 Å². The summed E-state index contributed by atoms with van der Waals surface area (Å²) in [6.07, 6.45) is 4.61. The van der Waals surface area contributed by atoms with Crippen molar-refractivity contribution < 1.29 is 4.74 Å². The molecule has 8 heteroatoms. The Bertz CT molecular complexity index is 989. The van der Waals surface area contributed by atoms with Gasteiger partial charge in [0.15, 0.2) is 5.65 Å². The van der Waals surface area contributed by atoms with Crippen LogP contribution >= 0.6 is 17.0 Å². The van der Waals surface area contributed by atoms with E-state index in [1.165, 1.54) is 11.1 Å². The van der Waals surface area contributed by atoms with E-state index in [9.17, 15) is 0 Å². The SMILES string of the molecule is Br.COc1c(C)cccc1CN1CCC(c2nn(CCN(C)C)c3nccnc23)C1. The molecule has 1 fully saturated rings. The van der Waals surface area contributed by atoms with Crippen molar-refractivity contribution in [1.82, 2.24) is 29.5 Å². The number of likely N-dealkylation sites (tertiary alicyclic amines) is 1. The lowest BCUT2D eigenvalue weighted by molar-refractivity contribution is 0.316. The van der Waals surface area contributed by atoms with Crippen molar-refractivity contribution in [2.75, 3.05) is 40.8 Å². The first kappa shape index (κ1) is 22.7. The van der Waals surface area contributed by atoms with Gasteiger partial charge in [-0.25, -0.2) is 14.6 Å². The minimum Gasteiger partial charge on any atom is -0.496 e. The molecule has 0 saturated carbocycles. The Balaban J connectivity index is 0.00000256. The number of hydrogen-bond donors (Lipinski definition) is 0. The lowest BCUT2D eigenvalue weighted by Gasteiger charge is -2.18. The molecule has 1 aliphatic heterocycles. The van der Waals surface area contributed by atoms with E-state index in [-0.39, 0.29) is 17.0 Å². The summed E-state index contributed by atoms with van der Waals surface area (Å²) in [6, 6.07) is 6.37. The lowest BCUT2D eigenvalue weighted by Crippen LogP contribution is -2.21. The molecule has 0 bridgehead atoms. The number of aromatic nitrogens is 4. The summed E-state index contributed by atoms with van der Waals surface area (Å²) in [5.41, 5.74) is 5.36. The number of fused-ring (bicyclic) bond motifs is 1. The standard InChI is InChI=1S/C22H30N6O.BrH/c1-16-6-5-7-18(21(16)29-4)15-27-11-8-17(14-27)19-20-22(24-10-9-23-20)28(25-19)13-12-26(2)3;/h5-7,9-10,17H,8,11-15H2,1-4H3;1H. The van der Waals surface area contributed by atoms with Crippen LogP contribution < -0.4 is 4.74 Å². The first-order valence-electron chi connectivity index (χ1n) is 10.2. The van der Waals surface area contributed by atoms with Gasteiger partial charge in [0.25, 0.3) is 0 Å². The Morgan fingerprint density at radius 3 is 2.77 bits per heavy atom. The summed E-state index contributed by atoms with van der Waals surface area (Å²) in [4.78, 5) is 13.8. The average Bonchev–Trinajstić information content (AvgIpc) is 3.31. The number of aryl methyl sites for hydroxylation is 1. The fraction of sp³-hybridized carbons (Fsp3) is 0.500. The normalized spacial score (nSPS) is 16.9. The monoisotopic (exact) mass is 474 g/mol. The molecule has 0 aliphatic carbocycles. The van der Waals surface area contributed by atoms with E-state index in [0.717, 1.165) is 61.8 Å². The fourth-order valence-corrected chi connectivity index (χ4v) is 4.22. The van der Waals surface area contributed by atoms with Gasteiger partial charge in [0.2, 0.25) is 0 Å². The Morgan fingerprint density at radius 2 is 2.00 bits per heavy atom. The van der Waals surface area contributed by atoms with Gasteiger partial charge in [0.05, 0.1) is 19.3 Å². The Morgan fingerprint density at radius 1 is 1.20 bits per heavy atom. The summed E-state index contributed by atoms with van der Waals surface area (Å²) in [5, 5.41) is 4.95. The third-order valence-corrected chi connectivity index (χ3v) is 5.70. The van der Waals surface area contributed by atoms with Crippen LogP contribution in [0.1, 0.15) is 29.2 Å². The number of para-hydroxylation sites is 1. The predicted molar refractivity (Wildman–Crippen MR) is 125 cm³/mol. The van der Waals surface area contributed by atoms with Gasteiger partial charge in [0.1, 0.15) is 11.3 Å². The zero-order valence-electron chi connectivity index (χ0n) is 18.2. The predicted octanol–water partition coefficient (Wildman–Crippen LogP) is 3.27. The maximum atomic E-state index is 5.64. The molecule has 0 amide bonds. The third kappa shape index (κ3) is 4.66. The fourth-order valence-electron chi connectivity index (χ4n) is 4.22. The average molecular weight is 475 g/mol. The molecule has 162 valence electrons. The summed E-state index contributed by atoms with van der Waals surface area (Å²) in [7, 11) is 5.91. The number of nitrogens with zero attached hydrogens (tertiary/aromatic N) is 6. The molecule has 1 unspecified atom stereocenters. The van der Waals surface area contributed by atoms with Gasteiger partial charge < -0.3 is 9.64 Å². The van der Waals surface area contributed by atoms with E-state index in [1.807, 2.05) is 4.68 Å². The molecule has 1 atom stereocenters. The third-order valence-electron chi connectivity index (χ3n) is 5.70. The zero-order chi connectivity index (χ0) is 20.4. The van der Waals surface area contributed by atoms with E-state index < -0.39 is 0 Å². The summed E-state index contributed by atoms with van der Waals surface area (Å²) in [5.74, 6) is 1.38. The number of methoxy groups -OCH3 is 1. The van der Waals surface area contributed by atoms with E-state index >= 15 is 0 Å². The van der Waals surface area contributed by atoms with Crippen LogP contribution in [0.3, 0.4) is 0 Å². The lowest BCUT2D eigenvalue weighted by atomic mass is 10.0. The highest BCUT2D eigenvalue weighted by atomic mass is 79.9. The molecule has 30 heavy (non-hydrogen) atoms. The first-order chi connectivity index (χ1) is 14.1. The highest BCUT2D eigenvalue weighted by Crippen LogP contribution is 2.32. The van der Waals surface area contributed by atoms with E-state index in [2.05, 4.69) is 59.0 Å². The maximum absolute atomic E-state index is 5.64. The first-order valence-corrected chi connectivity index (χ1v) is 10.2. The van der Waals surface area contributed by atoms with Crippen molar-refractivity contribution in [3.8, 4) is 5.75 Å². The van der Waals surface area contributed by atoms with E-state index in [1.54, 1.807) is 19.5 Å². The van der Waals surface area contributed by atoms with Crippen molar-refractivity contribution in [2.24, 2.45) is 0 Å². The molecule has 2 aromatic heterocycles. The quantitative estimate of drug-likeness (QED) is 0.523. The van der Waals surface area contributed by atoms with E-state index in [0.29, 0.717) is 5.92 Å². The van der Waals surface area contributed by atoms with Crippen LogP contribution in [0.2, 0.25) is 0 Å². The Kier molecular flexibility index (Phi) is 7.44. The molecule has 3 aromatic rings. The number of halogens is 1. The van der Waals surface area contributed by atoms with Crippen molar-refractivity contribution in [3.63, 3.8) is 0 Å². The highest BCUT2D eigenvalue weighted by molar-refractivity contribution is 8.93. The van der Waals surface area contributed by atoms with Gasteiger partial charge in [-0.2, -0.15) is 5.10 Å². The van der Waals surface area contributed by atoms with Gasteiger partial charge in [-0.1, -0.05) is 18.2 Å². The van der Waals surface area contributed by atoms with Crippen molar-refractivity contribution in [2.45, 2.75) is 32.4 Å². The number of hydrogen-bond acceptors (Lipinski definition) is 6. The second kappa shape index (κ2) is 9.85. The van der Waals surface area contributed by atoms with Gasteiger partial charge in [-0.05, 0) is 39.5 Å². The van der Waals surface area contributed by atoms with Crippen LogP contribution in [0.15, 0.2) is 30.6 Å². The topological polar surface area (TPSA) is 59.3 Å². The van der Waals surface area contributed by atoms with Crippen molar-refractivity contribution in [1.29, 1.82) is 0 Å². The minimum atomic E-state index is 0. The van der Waals surface area contributed by atoms with Crippen LogP contribution in [-0.2, 0) is 13.1 Å². The molecular formula is C22H31BrN6O. The van der Waals surface area contributed by atoms with Gasteiger partial charge >= 0.3 is 0 Å². The molecule has 3 heterocycles. The van der Waals surface area contributed by atoms with E-state index in [4.69, 9.17) is 9.84 Å². The number of benzene rings is 1. The molecule has 0 N–H and O–H groups in total. The van der Waals surface area contributed by atoms with Crippen LogP contribution in [0.25, 0.3) is 11.2 Å². The molecule has 0 spiro atoms. The van der Waals surface area contributed by atoms with Gasteiger partial charge in [-0.15, -0.1) is 17.0 Å². The second-order valence-corrected chi connectivity index (χ2v) is 8.13. The minimum absolute atomic E-state index is 0. The van der Waals surface area contributed by atoms with Crippen LogP contribution in [0, 0.1) is 6.92 Å². The largest absolute Gasteiger partial charge is 0.496 e. The Hall–Kier alpha value is -2.03. The van der Waals surface area contributed by atoms with Gasteiger partial charge in [-0.3, -0.25) is 4.90 Å². The maximum Gasteiger partial charge on any atom is 0.177 e.